The molecule has 0 saturated heterocycles. The molecule has 0 bridgehead atoms. The second-order valence-electron chi connectivity index (χ2n) is 4.40. The van der Waals surface area contributed by atoms with Gasteiger partial charge in [0.2, 0.25) is 0 Å². The third kappa shape index (κ3) is 3.95. The minimum absolute atomic E-state index is 0.517. The van der Waals surface area contributed by atoms with Gasteiger partial charge in [-0.3, -0.25) is 4.98 Å². The van der Waals surface area contributed by atoms with Gasteiger partial charge in [0.05, 0.1) is 0 Å². The Morgan fingerprint density at radius 3 is 2.79 bits per heavy atom. The summed E-state index contributed by atoms with van der Waals surface area (Å²) in [6, 6.07) is 12.2. The summed E-state index contributed by atoms with van der Waals surface area (Å²) < 4.78 is 1.06. The highest BCUT2D eigenvalue weighted by molar-refractivity contribution is 9.10. The monoisotopic (exact) mass is 338 g/mol. The molecule has 0 spiro atoms. The molecule has 1 aromatic carbocycles. The van der Waals surface area contributed by atoms with Crippen LogP contribution in [0.2, 0.25) is 0 Å². The van der Waals surface area contributed by atoms with Crippen LogP contribution in [0.3, 0.4) is 0 Å². The van der Waals surface area contributed by atoms with Gasteiger partial charge in [-0.25, -0.2) is 0 Å². The lowest BCUT2D eigenvalue weighted by Gasteiger charge is -2.22. The second-order valence-corrected chi connectivity index (χ2v) is 5.58. The van der Waals surface area contributed by atoms with Crippen molar-refractivity contribution in [3.8, 4) is 0 Å². The number of hydrogen-bond donors (Lipinski definition) is 0. The van der Waals surface area contributed by atoms with Crippen molar-refractivity contribution in [2.45, 2.75) is 12.3 Å². The van der Waals surface area contributed by atoms with Crippen molar-refractivity contribution in [2.75, 3.05) is 18.5 Å². The fourth-order valence-electron chi connectivity index (χ4n) is 1.98. The number of benzene rings is 1. The van der Waals surface area contributed by atoms with Gasteiger partial charge >= 0.3 is 0 Å². The molecular weight excluding hydrogens is 324 g/mol. The van der Waals surface area contributed by atoms with Crippen LogP contribution in [-0.2, 0) is 12.3 Å². The number of nitrogens with zero attached hydrogens (tertiary/aromatic N) is 2. The van der Waals surface area contributed by atoms with Crippen LogP contribution in [0.25, 0.3) is 0 Å². The number of hydrogen-bond acceptors (Lipinski definition) is 2. The molecule has 0 unspecified atom stereocenters. The molecule has 19 heavy (non-hydrogen) atoms. The van der Waals surface area contributed by atoms with Crippen molar-refractivity contribution in [1.29, 1.82) is 0 Å². The number of alkyl halides is 1. The quantitative estimate of drug-likeness (QED) is 0.757. The van der Waals surface area contributed by atoms with Crippen LogP contribution >= 0.6 is 27.5 Å². The molecular formula is C15H16BrClN2. The van der Waals surface area contributed by atoms with Gasteiger partial charge in [0.25, 0.3) is 0 Å². The van der Waals surface area contributed by atoms with Crippen LogP contribution < -0.4 is 4.90 Å². The predicted octanol–water partition coefficient (Wildman–Crippen LogP) is 4.26. The van der Waals surface area contributed by atoms with E-state index < -0.39 is 0 Å². The Hall–Kier alpha value is -1.06. The van der Waals surface area contributed by atoms with Crippen molar-refractivity contribution >= 4 is 33.2 Å². The molecule has 0 aliphatic heterocycles. The first-order valence-corrected chi connectivity index (χ1v) is 7.49. The van der Waals surface area contributed by atoms with E-state index in [4.69, 9.17) is 11.6 Å². The largest absolute Gasteiger partial charge is 0.374 e. The third-order valence-corrected chi connectivity index (χ3v) is 3.81. The van der Waals surface area contributed by atoms with Gasteiger partial charge in [0, 0.05) is 47.9 Å². The van der Waals surface area contributed by atoms with Crippen molar-refractivity contribution in [3.63, 3.8) is 0 Å². The number of aromatic nitrogens is 1. The molecule has 100 valence electrons. The van der Waals surface area contributed by atoms with Gasteiger partial charge in [-0.05, 0) is 35.9 Å². The number of halogens is 2. The topological polar surface area (TPSA) is 16.1 Å². The fourth-order valence-corrected chi connectivity index (χ4v) is 2.60. The zero-order valence-electron chi connectivity index (χ0n) is 10.8. The van der Waals surface area contributed by atoms with Gasteiger partial charge in [-0.2, -0.15) is 0 Å². The lowest BCUT2D eigenvalue weighted by atomic mass is 10.1. The van der Waals surface area contributed by atoms with E-state index in [1.165, 1.54) is 5.69 Å². The van der Waals surface area contributed by atoms with Crippen LogP contribution in [0.5, 0.6) is 0 Å². The number of rotatable bonds is 5. The Labute approximate surface area is 127 Å². The zero-order valence-corrected chi connectivity index (χ0v) is 13.2. The van der Waals surface area contributed by atoms with Gasteiger partial charge in [0.1, 0.15) is 0 Å². The van der Waals surface area contributed by atoms with Gasteiger partial charge in [-0.1, -0.05) is 22.0 Å². The molecule has 0 atom stereocenters. The van der Waals surface area contributed by atoms with E-state index in [1.807, 2.05) is 24.4 Å². The summed E-state index contributed by atoms with van der Waals surface area (Å²) in [4.78, 5) is 6.56. The Balaban J connectivity index is 2.05. The number of pyridine rings is 1. The van der Waals surface area contributed by atoms with Gasteiger partial charge in [0.15, 0.2) is 0 Å². The van der Waals surface area contributed by atoms with Crippen LogP contribution in [0.4, 0.5) is 5.69 Å². The van der Waals surface area contributed by atoms with E-state index in [0.29, 0.717) is 5.88 Å². The van der Waals surface area contributed by atoms with E-state index in [-0.39, 0.29) is 0 Å². The van der Waals surface area contributed by atoms with Crippen LogP contribution in [0, 0.1) is 0 Å². The molecule has 4 heteroatoms. The molecule has 2 nitrogen and oxygen atoms in total. The first-order valence-electron chi connectivity index (χ1n) is 6.16. The number of anilines is 1. The Kier molecular flexibility index (Phi) is 5.23. The summed E-state index contributed by atoms with van der Waals surface area (Å²) in [5.74, 6) is 0.517. The Bertz CT molecular complexity index is 531. The van der Waals surface area contributed by atoms with Crippen molar-refractivity contribution in [1.82, 2.24) is 4.98 Å². The van der Waals surface area contributed by atoms with Crippen LogP contribution in [0.15, 0.2) is 47.1 Å². The van der Waals surface area contributed by atoms with E-state index in [0.717, 1.165) is 28.7 Å². The van der Waals surface area contributed by atoms with E-state index in [9.17, 15) is 0 Å². The smallest absolute Gasteiger partial charge is 0.0494 e. The maximum atomic E-state index is 6.01. The summed E-state index contributed by atoms with van der Waals surface area (Å²) in [6.07, 6.45) is 2.76. The first-order chi connectivity index (χ1) is 9.20. The Morgan fingerprint density at radius 2 is 2.11 bits per heavy atom. The highest BCUT2D eigenvalue weighted by atomic mass is 79.9. The molecule has 2 aromatic rings. The van der Waals surface area contributed by atoms with Crippen LogP contribution in [-0.4, -0.2) is 18.6 Å². The van der Waals surface area contributed by atoms with Crippen molar-refractivity contribution < 1.29 is 0 Å². The molecule has 0 amide bonds. The molecule has 0 N–H and O–H groups in total. The highest BCUT2D eigenvalue weighted by Gasteiger charge is 2.07. The van der Waals surface area contributed by atoms with E-state index in [2.05, 4.69) is 51.1 Å². The zero-order chi connectivity index (χ0) is 13.7. The van der Waals surface area contributed by atoms with Crippen molar-refractivity contribution in [2.24, 2.45) is 0 Å². The molecule has 0 aliphatic rings. The summed E-state index contributed by atoms with van der Waals surface area (Å²) in [7, 11) is 2.09. The minimum Gasteiger partial charge on any atom is -0.374 e. The second kappa shape index (κ2) is 6.92. The first kappa shape index (κ1) is 14.4. The van der Waals surface area contributed by atoms with E-state index >= 15 is 0 Å². The molecule has 0 aliphatic carbocycles. The number of likely N-dealkylation sites (N-methyl/N-ethyl adjacent to an activating group) is 1. The fraction of sp³-hybridized carbons (Fsp3) is 0.267. The SMILES string of the molecule is CN(CCc1ccccn1)c1ccc(Br)cc1CCl. The average Bonchev–Trinajstić information content (AvgIpc) is 2.45. The summed E-state index contributed by atoms with van der Waals surface area (Å²) >= 11 is 9.48. The summed E-state index contributed by atoms with van der Waals surface area (Å²) in [6.45, 7) is 0.919. The molecule has 1 aromatic heterocycles. The molecule has 0 fully saturated rings. The molecule has 2 rings (SSSR count). The molecule has 0 saturated carbocycles. The standard InChI is InChI=1S/C15H16BrClN2/c1-19(9-7-14-4-2-3-8-18-14)15-6-5-13(16)10-12(15)11-17/h2-6,8,10H,7,9,11H2,1H3. The normalized spacial score (nSPS) is 10.5. The molecule has 1 heterocycles. The lowest BCUT2D eigenvalue weighted by Crippen LogP contribution is -2.21. The minimum atomic E-state index is 0.517. The van der Waals surface area contributed by atoms with Gasteiger partial charge in [-0.15, -0.1) is 11.6 Å². The highest BCUT2D eigenvalue weighted by Crippen LogP contribution is 2.25. The summed E-state index contributed by atoms with van der Waals surface area (Å²) in [5, 5.41) is 0. The summed E-state index contributed by atoms with van der Waals surface area (Å²) in [5.41, 5.74) is 3.42. The van der Waals surface area contributed by atoms with E-state index in [1.54, 1.807) is 0 Å². The van der Waals surface area contributed by atoms with Crippen LogP contribution in [0.1, 0.15) is 11.3 Å². The average molecular weight is 340 g/mol. The predicted molar refractivity (Wildman–Crippen MR) is 84.9 cm³/mol. The maximum absolute atomic E-state index is 6.01. The maximum Gasteiger partial charge on any atom is 0.0494 e. The van der Waals surface area contributed by atoms with Crippen molar-refractivity contribution in [3.05, 3.63) is 58.3 Å². The van der Waals surface area contributed by atoms with Gasteiger partial charge < -0.3 is 4.90 Å². The third-order valence-electron chi connectivity index (χ3n) is 3.03. The molecule has 0 radical (unpaired) electrons. The lowest BCUT2D eigenvalue weighted by molar-refractivity contribution is 0.849. The Morgan fingerprint density at radius 1 is 1.26 bits per heavy atom.